The number of hydrogen-bond donors (Lipinski definition) is 3. The Kier molecular flexibility index (Phi) is 9.83. The summed E-state index contributed by atoms with van der Waals surface area (Å²) in [5.74, 6) is -2.60. The minimum Gasteiger partial charge on any atom is -0.481 e. The molecule has 0 spiro atoms. The smallest absolute Gasteiger partial charge is 0.416 e. The van der Waals surface area contributed by atoms with Gasteiger partial charge in [0.1, 0.15) is 0 Å². The molecule has 220 valence electrons. The van der Waals surface area contributed by atoms with Crippen LogP contribution in [0.1, 0.15) is 76.2 Å². The monoisotopic (exact) mass is 578 g/mol. The number of carboxylic acid groups (broad SMARTS) is 1. The van der Waals surface area contributed by atoms with Gasteiger partial charge in [-0.25, -0.2) is 0 Å². The number of hydrogen-bond acceptors (Lipinski definition) is 3. The molecule has 1 aliphatic carbocycles. The summed E-state index contributed by atoms with van der Waals surface area (Å²) in [4.78, 5) is 36.6. The summed E-state index contributed by atoms with van der Waals surface area (Å²) < 4.78 is 40.5. The standard InChI is InChI=1S/C33H33F3N2O4/c1-21-7-16-27(20-29(21)33(34,35)36)38-32(42)28(25-14-12-24(13-15-25)23-5-3-2-4-6-23)19-22-8-10-26(11-9-22)31(41)37-18-17-30(39)40/h5,7-16,20,28H,2-4,6,17-19H2,1H3,(H,37,41)(H,38,42)(H,39,40). The molecule has 0 heterocycles. The van der Waals surface area contributed by atoms with E-state index in [1.54, 1.807) is 24.3 Å². The van der Waals surface area contributed by atoms with Crippen LogP contribution in [0.25, 0.3) is 5.57 Å². The van der Waals surface area contributed by atoms with Gasteiger partial charge in [0.05, 0.1) is 17.9 Å². The van der Waals surface area contributed by atoms with Gasteiger partial charge in [0.2, 0.25) is 5.91 Å². The van der Waals surface area contributed by atoms with Crippen molar-refractivity contribution >= 4 is 29.0 Å². The second-order valence-corrected chi connectivity index (χ2v) is 10.5. The Morgan fingerprint density at radius 3 is 2.29 bits per heavy atom. The lowest BCUT2D eigenvalue weighted by molar-refractivity contribution is -0.138. The summed E-state index contributed by atoms with van der Waals surface area (Å²) in [6.45, 7) is 1.37. The topological polar surface area (TPSA) is 95.5 Å². The number of carbonyl (C=O) groups excluding carboxylic acids is 2. The molecule has 0 saturated carbocycles. The molecule has 42 heavy (non-hydrogen) atoms. The number of halogens is 3. The Morgan fingerprint density at radius 2 is 1.67 bits per heavy atom. The molecule has 3 aromatic carbocycles. The highest BCUT2D eigenvalue weighted by molar-refractivity contribution is 5.96. The van der Waals surface area contributed by atoms with E-state index in [9.17, 15) is 27.6 Å². The van der Waals surface area contributed by atoms with Gasteiger partial charge in [-0.1, -0.05) is 48.5 Å². The van der Waals surface area contributed by atoms with Crippen molar-refractivity contribution < 1.29 is 32.7 Å². The Morgan fingerprint density at radius 1 is 0.952 bits per heavy atom. The fourth-order valence-corrected chi connectivity index (χ4v) is 5.04. The molecule has 0 aliphatic heterocycles. The quantitative estimate of drug-likeness (QED) is 0.238. The van der Waals surface area contributed by atoms with Gasteiger partial charge in [0.15, 0.2) is 0 Å². The molecule has 6 nitrogen and oxygen atoms in total. The van der Waals surface area contributed by atoms with E-state index in [4.69, 9.17) is 5.11 Å². The van der Waals surface area contributed by atoms with Crippen molar-refractivity contribution in [3.05, 3.63) is 106 Å². The van der Waals surface area contributed by atoms with Crippen LogP contribution in [0.4, 0.5) is 18.9 Å². The fraction of sp³-hybridized carbons (Fsp3) is 0.303. The van der Waals surface area contributed by atoms with Crippen molar-refractivity contribution in [2.75, 3.05) is 11.9 Å². The lowest BCUT2D eigenvalue weighted by atomic mass is 9.88. The number of carbonyl (C=O) groups is 3. The lowest BCUT2D eigenvalue weighted by Gasteiger charge is -2.20. The number of alkyl halides is 3. The maximum atomic E-state index is 13.6. The number of carboxylic acids is 1. The predicted molar refractivity (Wildman–Crippen MR) is 155 cm³/mol. The number of aryl methyl sites for hydroxylation is 1. The highest BCUT2D eigenvalue weighted by Gasteiger charge is 2.33. The number of amides is 2. The van der Waals surface area contributed by atoms with Gasteiger partial charge in [-0.2, -0.15) is 13.2 Å². The van der Waals surface area contributed by atoms with Crippen molar-refractivity contribution in [1.29, 1.82) is 0 Å². The molecular formula is C33H33F3N2O4. The molecule has 1 atom stereocenters. The summed E-state index contributed by atoms with van der Waals surface area (Å²) in [7, 11) is 0. The number of rotatable bonds is 10. The van der Waals surface area contributed by atoms with E-state index >= 15 is 0 Å². The first kappa shape index (κ1) is 30.6. The number of anilines is 1. The van der Waals surface area contributed by atoms with Gasteiger partial charge in [-0.15, -0.1) is 0 Å². The Hall–Kier alpha value is -4.40. The zero-order valence-corrected chi connectivity index (χ0v) is 23.3. The predicted octanol–water partition coefficient (Wildman–Crippen LogP) is 7.14. The molecule has 4 rings (SSSR count). The summed E-state index contributed by atoms with van der Waals surface area (Å²) >= 11 is 0. The highest BCUT2D eigenvalue weighted by atomic mass is 19.4. The average molecular weight is 579 g/mol. The van der Waals surface area contributed by atoms with E-state index in [-0.39, 0.29) is 30.6 Å². The van der Waals surface area contributed by atoms with Crippen LogP contribution in [0, 0.1) is 6.92 Å². The molecule has 0 aromatic heterocycles. The molecule has 9 heteroatoms. The average Bonchev–Trinajstić information content (AvgIpc) is 2.97. The van der Waals surface area contributed by atoms with Crippen LogP contribution in [-0.4, -0.2) is 29.4 Å². The van der Waals surface area contributed by atoms with Crippen molar-refractivity contribution in [3.63, 3.8) is 0 Å². The lowest BCUT2D eigenvalue weighted by Crippen LogP contribution is -2.26. The summed E-state index contributed by atoms with van der Waals surface area (Å²) in [6.07, 6.45) is 2.06. The maximum absolute atomic E-state index is 13.6. The molecule has 2 amide bonds. The largest absolute Gasteiger partial charge is 0.481 e. The molecule has 3 N–H and O–H groups in total. The van der Waals surface area contributed by atoms with E-state index < -0.39 is 35.4 Å². The third-order valence-electron chi connectivity index (χ3n) is 7.38. The molecule has 0 fully saturated rings. The van der Waals surface area contributed by atoms with E-state index in [0.717, 1.165) is 36.5 Å². The number of benzene rings is 3. The zero-order chi connectivity index (χ0) is 30.3. The SMILES string of the molecule is Cc1ccc(NC(=O)C(Cc2ccc(C(=O)NCCC(=O)O)cc2)c2ccc(C3=CCCCC3)cc2)cc1C(F)(F)F. The summed E-state index contributed by atoms with van der Waals surface area (Å²) in [6, 6.07) is 18.1. The Balaban J connectivity index is 1.57. The van der Waals surface area contributed by atoms with Crippen molar-refractivity contribution in [3.8, 4) is 0 Å². The molecule has 0 bridgehead atoms. The van der Waals surface area contributed by atoms with Crippen LogP contribution in [0.15, 0.2) is 72.8 Å². The molecule has 3 aromatic rings. The van der Waals surface area contributed by atoms with E-state index in [0.29, 0.717) is 11.1 Å². The minimum absolute atomic E-state index is 0.000124. The van der Waals surface area contributed by atoms with Crippen molar-refractivity contribution in [2.45, 2.75) is 57.5 Å². The molecule has 0 radical (unpaired) electrons. The first-order chi connectivity index (χ1) is 20.0. The first-order valence-corrected chi connectivity index (χ1v) is 13.9. The van der Waals surface area contributed by atoms with Gasteiger partial charge < -0.3 is 15.7 Å². The number of nitrogens with one attached hydrogen (secondary N) is 2. The Bertz CT molecular complexity index is 1460. The highest BCUT2D eigenvalue weighted by Crippen LogP contribution is 2.34. The second kappa shape index (κ2) is 13.5. The maximum Gasteiger partial charge on any atom is 0.416 e. The van der Waals surface area contributed by atoms with Crippen LogP contribution in [0.2, 0.25) is 0 Å². The van der Waals surface area contributed by atoms with Crippen LogP contribution >= 0.6 is 0 Å². The van der Waals surface area contributed by atoms with Crippen LogP contribution in [0.3, 0.4) is 0 Å². The normalized spacial score (nSPS) is 14.0. The third-order valence-corrected chi connectivity index (χ3v) is 7.38. The summed E-state index contributed by atoms with van der Waals surface area (Å²) in [5.41, 5.74) is 3.47. The minimum atomic E-state index is -4.55. The van der Waals surface area contributed by atoms with Gasteiger partial charge in [0.25, 0.3) is 5.91 Å². The first-order valence-electron chi connectivity index (χ1n) is 13.9. The van der Waals surface area contributed by atoms with Gasteiger partial charge in [-0.05, 0) is 91.1 Å². The summed E-state index contributed by atoms with van der Waals surface area (Å²) in [5, 5.41) is 14.0. The Labute approximate surface area is 242 Å². The van der Waals surface area contributed by atoms with Gasteiger partial charge in [-0.3, -0.25) is 14.4 Å². The molecule has 1 aliphatic rings. The van der Waals surface area contributed by atoms with Crippen molar-refractivity contribution in [1.82, 2.24) is 5.32 Å². The zero-order valence-electron chi connectivity index (χ0n) is 23.3. The van der Waals surface area contributed by atoms with E-state index in [1.165, 1.54) is 31.1 Å². The van der Waals surface area contributed by atoms with Gasteiger partial charge >= 0.3 is 12.1 Å². The number of allylic oxidation sites excluding steroid dienone is 2. The number of aliphatic carboxylic acids is 1. The van der Waals surface area contributed by atoms with E-state index in [1.807, 2.05) is 24.3 Å². The molecular weight excluding hydrogens is 545 g/mol. The molecule has 1 unspecified atom stereocenters. The van der Waals surface area contributed by atoms with Crippen molar-refractivity contribution in [2.24, 2.45) is 0 Å². The third kappa shape index (κ3) is 8.09. The fourth-order valence-electron chi connectivity index (χ4n) is 5.04. The van der Waals surface area contributed by atoms with E-state index in [2.05, 4.69) is 16.7 Å². The molecule has 0 saturated heterocycles. The van der Waals surface area contributed by atoms with Crippen LogP contribution < -0.4 is 10.6 Å². The van der Waals surface area contributed by atoms with Crippen LogP contribution in [0.5, 0.6) is 0 Å². The van der Waals surface area contributed by atoms with Gasteiger partial charge in [0, 0.05) is 17.8 Å². The second-order valence-electron chi connectivity index (χ2n) is 10.5. The van der Waals surface area contributed by atoms with Crippen LogP contribution in [-0.2, 0) is 22.2 Å².